The third kappa shape index (κ3) is 3.04. The Bertz CT molecular complexity index is 674. The highest BCUT2D eigenvalue weighted by atomic mass is 32.2. The molecule has 0 N–H and O–H groups in total. The highest BCUT2D eigenvalue weighted by Gasteiger charge is 2.36. The molecule has 0 aliphatic rings. The lowest BCUT2D eigenvalue weighted by Gasteiger charge is -2.35. The molecule has 0 fully saturated rings. The largest absolute Gasteiger partial charge is 0.127 e. The highest BCUT2D eigenvalue weighted by molar-refractivity contribution is 8.00. The topological polar surface area (TPSA) is 0 Å². The second-order valence-corrected chi connectivity index (χ2v) is 6.46. The van der Waals surface area contributed by atoms with Crippen molar-refractivity contribution < 1.29 is 0 Å². The van der Waals surface area contributed by atoms with Crippen LogP contribution in [0.25, 0.3) is 0 Å². The molecular weight excluding hydrogens is 296 g/mol. The molecule has 0 spiro atoms. The van der Waals surface area contributed by atoms with Gasteiger partial charge in [0.25, 0.3) is 0 Å². The average Bonchev–Trinajstić information content (AvgIpc) is 2.65. The highest BCUT2D eigenvalue weighted by Crippen LogP contribution is 2.48. The molecule has 0 saturated heterocycles. The van der Waals surface area contributed by atoms with Gasteiger partial charge in [-0.15, -0.1) is 18.2 Å². The van der Waals surface area contributed by atoms with Gasteiger partial charge in [0.2, 0.25) is 0 Å². The van der Waals surface area contributed by atoms with Crippen molar-refractivity contribution in [3.8, 4) is 12.3 Å². The maximum atomic E-state index is 5.60. The number of rotatable bonds is 5. The summed E-state index contributed by atoms with van der Waals surface area (Å²) in [6, 6.07) is 31.8. The van der Waals surface area contributed by atoms with Gasteiger partial charge in [-0.3, -0.25) is 0 Å². The second kappa shape index (κ2) is 7.22. The first kappa shape index (κ1) is 15.5. The lowest BCUT2D eigenvalue weighted by Crippen LogP contribution is -2.26. The summed E-state index contributed by atoms with van der Waals surface area (Å²) >= 11 is 1.79. The van der Waals surface area contributed by atoms with Gasteiger partial charge in [-0.05, 0) is 16.7 Å². The van der Waals surface area contributed by atoms with Crippen LogP contribution in [0.3, 0.4) is 0 Å². The lowest BCUT2D eigenvalue weighted by atomic mass is 9.84. The van der Waals surface area contributed by atoms with E-state index < -0.39 is 0 Å². The fourth-order valence-electron chi connectivity index (χ4n) is 2.92. The van der Waals surface area contributed by atoms with Gasteiger partial charge in [-0.2, -0.15) is 0 Å². The summed E-state index contributed by atoms with van der Waals surface area (Å²) in [4.78, 5) is 0. The third-order valence-electron chi connectivity index (χ3n) is 3.91. The standard InChI is InChI=1S/C22H18S/c1-2-18-23-22(19-12-6-3-7-13-19,20-14-8-4-9-15-20)21-16-10-5-11-17-21/h1,3-17H,18H2. The summed E-state index contributed by atoms with van der Waals surface area (Å²) < 4.78 is -0.295. The first-order chi connectivity index (χ1) is 11.4. The Morgan fingerprint density at radius 1 is 0.652 bits per heavy atom. The van der Waals surface area contributed by atoms with E-state index in [0.29, 0.717) is 5.75 Å². The Labute approximate surface area is 142 Å². The van der Waals surface area contributed by atoms with Gasteiger partial charge < -0.3 is 0 Å². The van der Waals surface area contributed by atoms with Crippen LogP contribution in [0.2, 0.25) is 0 Å². The summed E-state index contributed by atoms with van der Waals surface area (Å²) in [5.41, 5.74) is 3.74. The smallest absolute Gasteiger partial charge is 0.0916 e. The molecule has 0 amide bonds. The zero-order valence-corrected chi connectivity index (χ0v) is 13.7. The zero-order chi connectivity index (χ0) is 16.0. The molecule has 0 heterocycles. The van der Waals surface area contributed by atoms with Crippen LogP contribution >= 0.6 is 11.8 Å². The Kier molecular flexibility index (Phi) is 4.86. The van der Waals surface area contributed by atoms with Crippen molar-refractivity contribution in [3.05, 3.63) is 108 Å². The molecule has 0 atom stereocenters. The van der Waals surface area contributed by atoms with Crippen molar-refractivity contribution in [2.24, 2.45) is 0 Å². The molecule has 1 heteroatoms. The van der Waals surface area contributed by atoms with Crippen LogP contribution in [-0.4, -0.2) is 5.75 Å². The fraction of sp³-hybridized carbons (Fsp3) is 0.0909. The molecule has 0 aliphatic heterocycles. The minimum Gasteiger partial charge on any atom is -0.127 e. The summed E-state index contributed by atoms with van der Waals surface area (Å²) in [5, 5.41) is 0. The molecule has 3 aromatic carbocycles. The van der Waals surface area contributed by atoms with E-state index in [1.54, 1.807) is 11.8 Å². The number of hydrogen-bond acceptors (Lipinski definition) is 1. The van der Waals surface area contributed by atoms with Gasteiger partial charge in [-0.25, -0.2) is 0 Å². The van der Waals surface area contributed by atoms with Crippen LogP contribution in [0.5, 0.6) is 0 Å². The molecular formula is C22H18S. The van der Waals surface area contributed by atoms with Crippen molar-refractivity contribution in [2.45, 2.75) is 4.75 Å². The van der Waals surface area contributed by atoms with E-state index in [-0.39, 0.29) is 4.75 Å². The van der Waals surface area contributed by atoms with Crippen LogP contribution in [-0.2, 0) is 4.75 Å². The van der Waals surface area contributed by atoms with Crippen molar-refractivity contribution >= 4 is 11.8 Å². The molecule has 112 valence electrons. The number of hydrogen-bond donors (Lipinski definition) is 0. The minimum absolute atomic E-state index is 0.295. The predicted octanol–water partition coefficient (Wildman–Crippen LogP) is 5.34. The molecule has 23 heavy (non-hydrogen) atoms. The van der Waals surface area contributed by atoms with E-state index in [2.05, 4.69) is 96.9 Å². The number of benzene rings is 3. The Balaban J connectivity index is 2.28. The predicted molar refractivity (Wildman–Crippen MR) is 100 cm³/mol. The summed E-state index contributed by atoms with van der Waals surface area (Å²) in [7, 11) is 0. The molecule has 3 rings (SSSR count). The van der Waals surface area contributed by atoms with Crippen LogP contribution in [0.1, 0.15) is 16.7 Å². The first-order valence-corrected chi connectivity index (χ1v) is 8.60. The molecule has 0 saturated carbocycles. The maximum absolute atomic E-state index is 5.60. The van der Waals surface area contributed by atoms with E-state index in [4.69, 9.17) is 6.42 Å². The van der Waals surface area contributed by atoms with Gasteiger partial charge in [0.05, 0.1) is 10.5 Å². The average molecular weight is 314 g/mol. The van der Waals surface area contributed by atoms with E-state index in [1.165, 1.54) is 16.7 Å². The van der Waals surface area contributed by atoms with Crippen molar-refractivity contribution in [1.82, 2.24) is 0 Å². The third-order valence-corrected chi connectivity index (χ3v) is 5.36. The van der Waals surface area contributed by atoms with Crippen LogP contribution < -0.4 is 0 Å². The van der Waals surface area contributed by atoms with E-state index in [9.17, 15) is 0 Å². The first-order valence-electron chi connectivity index (χ1n) is 7.62. The molecule has 3 aromatic rings. The summed E-state index contributed by atoms with van der Waals surface area (Å²) in [6.07, 6.45) is 5.60. The van der Waals surface area contributed by atoms with E-state index in [1.807, 2.05) is 0 Å². The zero-order valence-electron chi connectivity index (χ0n) is 12.9. The molecule has 0 radical (unpaired) electrons. The monoisotopic (exact) mass is 314 g/mol. The van der Waals surface area contributed by atoms with E-state index >= 15 is 0 Å². The minimum atomic E-state index is -0.295. The lowest BCUT2D eigenvalue weighted by molar-refractivity contribution is 0.897. The van der Waals surface area contributed by atoms with Crippen LogP contribution in [0.4, 0.5) is 0 Å². The summed E-state index contributed by atoms with van der Waals surface area (Å²) in [5.74, 6) is 3.45. The number of terminal acetylenes is 1. The molecule has 0 unspecified atom stereocenters. The molecule has 0 aromatic heterocycles. The fourth-order valence-corrected chi connectivity index (χ4v) is 4.13. The van der Waals surface area contributed by atoms with Gasteiger partial charge in [-0.1, -0.05) is 96.9 Å². The van der Waals surface area contributed by atoms with Gasteiger partial charge in [0.1, 0.15) is 0 Å². The van der Waals surface area contributed by atoms with Crippen LogP contribution in [0.15, 0.2) is 91.0 Å². The molecule has 0 bridgehead atoms. The van der Waals surface area contributed by atoms with Crippen molar-refractivity contribution in [3.63, 3.8) is 0 Å². The van der Waals surface area contributed by atoms with Gasteiger partial charge in [0, 0.05) is 0 Å². The summed E-state index contributed by atoms with van der Waals surface area (Å²) in [6.45, 7) is 0. The Morgan fingerprint density at radius 3 is 1.30 bits per heavy atom. The van der Waals surface area contributed by atoms with Crippen LogP contribution in [0, 0.1) is 12.3 Å². The van der Waals surface area contributed by atoms with Gasteiger partial charge in [0.15, 0.2) is 0 Å². The Morgan fingerprint density at radius 2 is 1.00 bits per heavy atom. The van der Waals surface area contributed by atoms with Crippen molar-refractivity contribution in [1.29, 1.82) is 0 Å². The SMILES string of the molecule is C#CCSC(c1ccccc1)(c1ccccc1)c1ccccc1. The Hall–Kier alpha value is -2.43. The van der Waals surface area contributed by atoms with E-state index in [0.717, 1.165) is 0 Å². The quantitative estimate of drug-likeness (QED) is 0.452. The molecule has 0 nitrogen and oxygen atoms in total. The maximum Gasteiger partial charge on any atom is 0.0916 e. The number of thioether (sulfide) groups is 1. The second-order valence-electron chi connectivity index (χ2n) is 5.27. The normalized spacial score (nSPS) is 10.9. The molecule has 0 aliphatic carbocycles. The van der Waals surface area contributed by atoms with Crippen molar-refractivity contribution in [2.75, 3.05) is 5.75 Å². The van der Waals surface area contributed by atoms with Gasteiger partial charge >= 0.3 is 0 Å².